The van der Waals surface area contributed by atoms with Gasteiger partial charge < -0.3 is 4.74 Å². The third-order valence-electron chi connectivity index (χ3n) is 2.27. The van der Waals surface area contributed by atoms with Gasteiger partial charge in [0.25, 0.3) is 0 Å². The number of methoxy groups -OCH3 is 1. The summed E-state index contributed by atoms with van der Waals surface area (Å²) in [6.07, 6.45) is 1.74. The lowest BCUT2D eigenvalue weighted by Crippen LogP contribution is -2.11. The molecule has 0 rings (SSSR count). The fourth-order valence-corrected chi connectivity index (χ4v) is 1.15. The maximum Gasteiger partial charge on any atom is 0.305 e. The highest BCUT2D eigenvalue weighted by molar-refractivity contribution is 5.80. The summed E-state index contributed by atoms with van der Waals surface area (Å²) >= 11 is 0. The molecule has 3 heteroatoms. The number of Topliss-reactive ketones (excluding diaryl/α,β-unsaturated/α-hetero) is 1. The Kier molecular flexibility index (Phi) is 6.17. The summed E-state index contributed by atoms with van der Waals surface area (Å²) in [5, 5.41) is 0. The molecule has 0 amide bonds. The van der Waals surface area contributed by atoms with Crippen LogP contribution in [0.25, 0.3) is 0 Å². The Bertz CT molecular complexity index is 197. The second-order valence-corrected chi connectivity index (χ2v) is 4.05. The summed E-state index contributed by atoms with van der Waals surface area (Å²) in [6, 6.07) is 0. The first-order valence-electron chi connectivity index (χ1n) is 5.06. The maximum atomic E-state index is 11.3. The Balaban J connectivity index is 3.68. The molecule has 0 unspecified atom stereocenters. The average Bonchev–Trinajstić information content (AvgIpc) is 2.13. The second kappa shape index (κ2) is 6.57. The minimum absolute atomic E-state index is 0.0975. The highest BCUT2D eigenvalue weighted by atomic mass is 16.5. The van der Waals surface area contributed by atoms with Gasteiger partial charge in [-0.1, -0.05) is 20.8 Å². The smallest absolute Gasteiger partial charge is 0.305 e. The average molecular weight is 200 g/mol. The van der Waals surface area contributed by atoms with Crippen LogP contribution in [0, 0.1) is 11.8 Å². The van der Waals surface area contributed by atoms with E-state index in [1.807, 2.05) is 20.8 Å². The lowest BCUT2D eigenvalue weighted by molar-refractivity contribution is -0.141. The van der Waals surface area contributed by atoms with E-state index < -0.39 is 0 Å². The summed E-state index contributed by atoms with van der Waals surface area (Å²) in [4.78, 5) is 22.2. The van der Waals surface area contributed by atoms with Gasteiger partial charge >= 0.3 is 5.97 Å². The first-order chi connectivity index (χ1) is 6.47. The Morgan fingerprint density at radius 1 is 1.21 bits per heavy atom. The number of rotatable bonds is 6. The van der Waals surface area contributed by atoms with Gasteiger partial charge in [0.2, 0.25) is 0 Å². The van der Waals surface area contributed by atoms with E-state index in [-0.39, 0.29) is 23.6 Å². The third-order valence-corrected chi connectivity index (χ3v) is 2.27. The van der Waals surface area contributed by atoms with Crippen molar-refractivity contribution >= 4 is 11.8 Å². The largest absolute Gasteiger partial charge is 0.469 e. The molecule has 0 heterocycles. The summed E-state index contributed by atoms with van der Waals surface area (Å²) in [5.41, 5.74) is 0. The van der Waals surface area contributed by atoms with Gasteiger partial charge in [-0.15, -0.1) is 0 Å². The highest BCUT2D eigenvalue weighted by Crippen LogP contribution is 2.13. The fourth-order valence-electron chi connectivity index (χ4n) is 1.15. The van der Waals surface area contributed by atoms with E-state index in [9.17, 15) is 9.59 Å². The SMILES string of the molecule is COC(=O)C[C@@H](C)CCC(=O)C(C)C. The first-order valence-corrected chi connectivity index (χ1v) is 5.06. The zero-order chi connectivity index (χ0) is 11.1. The van der Waals surface area contributed by atoms with E-state index in [2.05, 4.69) is 4.74 Å². The number of carbonyl (C=O) groups is 2. The standard InChI is InChI=1S/C11H20O3/c1-8(2)10(12)6-5-9(3)7-11(13)14-4/h8-9H,5-7H2,1-4H3/t9-/m0/s1. The van der Waals surface area contributed by atoms with E-state index in [1.165, 1.54) is 7.11 Å². The molecule has 0 radical (unpaired) electrons. The highest BCUT2D eigenvalue weighted by Gasteiger charge is 2.12. The molecule has 0 aliphatic heterocycles. The Labute approximate surface area is 85.8 Å². The molecule has 3 nitrogen and oxygen atoms in total. The first kappa shape index (κ1) is 13.1. The normalized spacial score (nSPS) is 12.6. The van der Waals surface area contributed by atoms with Crippen molar-refractivity contribution in [3.8, 4) is 0 Å². The molecular weight excluding hydrogens is 180 g/mol. The number of hydrogen-bond acceptors (Lipinski definition) is 3. The van der Waals surface area contributed by atoms with Crippen LogP contribution in [0.1, 0.15) is 40.0 Å². The number of carbonyl (C=O) groups excluding carboxylic acids is 2. The Morgan fingerprint density at radius 3 is 2.21 bits per heavy atom. The van der Waals surface area contributed by atoms with Crippen LogP contribution in [0.5, 0.6) is 0 Å². The van der Waals surface area contributed by atoms with Gasteiger partial charge in [-0.25, -0.2) is 0 Å². The molecule has 0 spiro atoms. The molecule has 0 saturated heterocycles. The quantitative estimate of drug-likeness (QED) is 0.617. The van der Waals surface area contributed by atoms with Crippen LogP contribution in [0.4, 0.5) is 0 Å². The molecule has 0 aliphatic carbocycles. The Morgan fingerprint density at radius 2 is 1.79 bits per heavy atom. The van der Waals surface area contributed by atoms with E-state index in [0.29, 0.717) is 12.8 Å². The molecule has 0 aromatic carbocycles. The minimum atomic E-state index is -0.200. The van der Waals surface area contributed by atoms with Crippen LogP contribution in [0.3, 0.4) is 0 Å². The Hall–Kier alpha value is -0.860. The summed E-state index contributed by atoms with van der Waals surface area (Å²) in [5.74, 6) is 0.390. The number of ether oxygens (including phenoxy) is 1. The summed E-state index contributed by atoms with van der Waals surface area (Å²) < 4.78 is 4.55. The van der Waals surface area contributed by atoms with Crippen LogP contribution < -0.4 is 0 Å². The number of ketones is 1. The van der Waals surface area contributed by atoms with Gasteiger partial charge in [0.1, 0.15) is 5.78 Å². The molecule has 0 saturated carbocycles. The molecule has 0 bridgehead atoms. The van der Waals surface area contributed by atoms with E-state index in [0.717, 1.165) is 6.42 Å². The van der Waals surface area contributed by atoms with Gasteiger partial charge in [0.15, 0.2) is 0 Å². The third kappa shape index (κ3) is 5.73. The van der Waals surface area contributed by atoms with Crippen molar-refractivity contribution in [2.24, 2.45) is 11.8 Å². The van der Waals surface area contributed by atoms with Crippen LogP contribution in [-0.2, 0) is 14.3 Å². The molecule has 0 fully saturated rings. The predicted molar refractivity (Wildman–Crippen MR) is 54.9 cm³/mol. The van der Waals surface area contributed by atoms with Crippen molar-refractivity contribution in [1.29, 1.82) is 0 Å². The monoisotopic (exact) mass is 200 g/mol. The lowest BCUT2D eigenvalue weighted by Gasteiger charge is -2.10. The zero-order valence-electron chi connectivity index (χ0n) is 9.50. The molecule has 0 aromatic heterocycles. The molecule has 0 aromatic rings. The summed E-state index contributed by atoms with van der Waals surface area (Å²) in [6.45, 7) is 5.76. The van der Waals surface area contributed by atoms with Gasteiger partial charge in [0.05, 0.1) is 7.11 Å². The van der Waals surface area contributed by atoms with E-state index >= 15 is 0 Å². The van der Waals surface area contributed by atoms with Crippen LogP contribution in [-0.4, -0.2) is 18.9 Å². The van der Waals surface area contributed by atoms with Crippen molar-refractivity contribution < 1.29 is 14.3 Å². The maximum absolute atomic E-state index is 11.3. The number of hydrogen-bond donors (Lipinski definition) is 0. The molecule has 0 N–H and O–H groups in total. The van der Waals surface area contributed by atoms with Gasteiger partial charge in [-0.05, 0) is 12.3 Å². The van der Waals surface area contributed by atoms with Crippen LogP contribution in [0.15, 0.2) is 0 Å². The van der Waals surface area contributed by atoms with E-state index in [4.69, 9.17) is 0 Å². The van der Waals surface area contributed by atoms with Crippen molar-refractivity contribution in [3.63, 3.8) is 0 Å². The van der Waals surface area contributed by atoms with Gasteiger partial charge in [0, 0.05) is 18.8 Å². The predicted octanol–water partition coefficient (Wildman–Crippen LogP) is 2.19. The van der Waals surface area contributed by atoms with Gasteiger partial charge in [-0.2, -0.15) is 0 Å². The van der Waals surface area contributed by atoms with E-state index in [1.54, 1.807) is 0 Å². The van der Waals surface area contributed by atoms with Crippen LogP contribution >= 0.6 is 0 Å². The topological polar surface area (TPSA) is 43.4 Å². The molecule has 0 aliphatic rings. The fraction of sp³-hybridized carbons (Fsp3) is 0.818. The summed E-state index contributed by atoms with van der Waals surface area (Å²) in [7, 11) is 1.38. The minimum Gasteiger partial charge on any atom is -0.469 e. The van der Waals surface area contributed by atoms with Gasteiger partial charge in [-0.3, -0.25) is 9.59 Å². The van der Waals surface area contributed by atoms with Crippen LogP contribution in [0.2, 0.25) is 0 Å². The van der Waals surface area contributed by atoms with Crippen molar-refractivity contribution in [3.05, 3.63) is 0 Å². The molecule has 1 atom stereocenters. The van der Waals surface area contributed by atoms with Crippen molar-refractivity contribution in [2.45, 2.75) is 40.0 Å². The van der Waals surface area contributed by atoms with Crippen molar-refractivity contribution in [2.75, 3.05) is 7.11 Å². The zero-order valence-corrected chi connectivity index (χ0v) is 9.50. The van der Waals surface area contributed by atoms with Crippen molar-refractivity contribution in [1.82, 2.24) is 0 Å². The molecular formula is C11H20O3. The number of esters is 1. The lowest BCUT2D eigenvalue weighted by atomic mass is 9.96. The molecule has 14 heavy (non-hydrogen) atoms. The molecule has 82 valence electrons. The second-order valence-electron chi connectivity index (χ2n) is 4.05.